The number of carbonyl (C=O) groups is 1. The van der Waals surface area contributed by atoms with E-state index in [-0.39, 0.29) is 32.2 Å². The van der Waals surface area contributed by atoms with Crippen molar-refractivity contribution in [1.29, 1.82) is 0 Å². The molecule has 1 amide bonds. The first-order valence-electron chi connectivity index (χ1n) is 8.60. The highest BCUT2D eigenvalue weighted by molar-refractivity contribution is 5.93. The number of amides is 1. The van der Waals surface area contributed by atoms with Crippen LogP contribution in [-0.4, -0.2) is 32.3 Å². The number of primary amides is 1. The molecule has 0 atom stereocenters. The molecule has 0 spiro atoms. The van der Waals surface area contributed by atoms with E-state index < -0.39 is 28.8 Å². The standard InChI is InChI=1S/C20H22F3NO4/c1-20(2,23)13-3-5-14(6-4-13)27-11-9-26-10-12-28-16-8-7-15(21)17(18(16)22)19(24)25/h3-8H,9-12H2,1-2H3,(H2,24,25). The van der Waals surface area contributed by atoms with E-state index in [2.05, 4.69) is 0 Å². The van der Waals surface area contributed by atoms with E-state index in [1.807, 2.05) is 0 Å². The zero-order valence-corrected chi connectivity index (χ0v) is 15.6. The maximum Gasteiger partial charge on any atom is 0.254 e. The topological polar surface area (TPSA) is 70.8 Å². The quantitative estimate of drug-likeness (QED) is 0.620. The number of halogens is 3. The minimum atomic E-state index is -1.41. The number of nitrogens with two attached hydrogens (primary N) is 1. The monoisotopic (exact) mass is 397 g/mol. The molecular formula is C20H22F3NO4. The van der Waals surface area contributed by atoms with E-state index >= 15 is 0 Å². The summed E-state index contributed by atoms with van der Waals surface area (Å²) in [6.45, 7) is 3.58. The molecule has 0 aliphatic carbocycles. The summed E-state index contributed by atoms with van der Waals surface area (Å²) in [6, 6.07) is 8.63. The molecule has 0 aliphatic heterocycles. The average molecular weight is 397 g/mol. The molecule has 0 aliphatic rings. The van der Waals surface area contributed by atoms with Crippen LogP contribution in [0.15, 0.2) is 36.4 Å². The van der Waals surface area contributed by atoms with Crippen LogP contribution in [0.1, 0.15) is 29.8 Å². The molecule has 0 radical (unpaired) electrons. The molecule has 0 bridgehead atoms. The Kier molecular flexibility index (Phi) is 7.28. The van der Waals surface area contributed by atoms with Gasteiger partial charge in [-0.1, -0.05) is 12.1 Å². The molecule has 5 nitrogen and oxygen atoms in total. The van der Waals surface area contributed by atoms with Crippen molar-refractivity contribution < 1.29 is 32.2 Å². The lowest BCUT2D eigenvalue weighted by Gasteiger charge is -2.15. The molecule has 2 aromatic rings. The normalized spacial score (nSPS) is 11.3. The molecule has 28 heavy (non-hydrogen) atoms. The third kappa shape index (κ3) is 5.88. The van der Waals surface area contributed by atoms with Crippen LogP contribution < -0.4 is 15.2 Å². The minimum absolute atomic E-state index is 0.0129. The molecule has 0 saturated carbocycles. The van der Waals surface area contributed by atoms with Crippen molar-refractivity contribution in [3.05, 3.63) is 59.2 Å². The van der Waals surface area contributed by atoms with Crippen LogP contribution in [0, 0.1) is 11.6 Å². The Morgan fingerprint density at radius 3 is 2.14 bits per heavy atom. The van der Waals surface area contributed by atoms with E-state index in [0.29, 0.717) is 11.3 Å². The molecule has 152 valence electrons. The third-order valence-corrected chi connectivity index (χ3v) is 3.82. The predicted molar refractivity (Wildman–Crippen MR) is 97.3 cm³/mol. The molecule has 0 saturated heterocycles. The van der Waals surface area contributed by atoms with Crippen LogP contribution in [0.4, 0.5) is 13.2 Å². The van der Waals surface area contributed by atoms with Gasteiger partial charge < -0.3 is 19.9 Å². The fourth-order valence-corrected chi connectivity index (χ4v) is 2.35. The van der Waals surface area contributed by atoms with E-state index in [4.69, 9.17) is 19.9 Å². The second-order valence-electron chi connectivity index (χ2n) is 6.40. The number of hydrogen-bond acceptors (Lipinski definition) is 4. The maximum atomic E-state index is 14.0. The van der Waals surface area contributed by atoms with Gasteiger partial charge in [-0.05, 0) is 43.7 Å². The number of ether oxygens (including phenoxy) is 3. The molecule has 8 heteroatoms. The van der Waals surface area contributed by atoms with Crippen LogP contribution in [0.3, 0.4) is 0 Å². The van der Waals surface area contributed by atoms with Gasteiger partial charge in [-0.25, -0.2) is 13.2 Å². The van der Waals surface area contributed by atoms with Gasteiger partial charge >= 0.3 is 0 Å². The molecule has 0 fully saturated rings. The van der Waals surface area contributed by atoms with Crippen molar-refractivity contribution in [2.75, 3.05) is 26.4 Å². The highest BCUT2D eigenvalue weighted by Crippen LogP contribution is 2.26. The summed E-state index contributed by atoms with van der Waals surface area (Å²) in [4.78, 5) is 11.1. The van der Waals surface area contributed by atoms with Crippen LogP contribution in [0.2, 0.25) is 0 Å². The molecule has 2 N–H and O–H groups in total. The highest BCUT2D eigenvalue weighted by atomic mass is 19.1. The molecule has 2 rings (SSSR count). The van der Waals surface area contributed by atoms with Crippen LogP contribution in [0.5, 0.6) is 11.5 Å². The van der Waals surface area contributed by atoms with Crippen molar-refractivity contribution in [2.45, 2.75) is 19.5 Å². The predicted octanol–water partition coefficient (Wildman–Crippen LogP) is 3.74. The van der Waals surface area contributed by atoms with Crippen molar-refractivity contribution in [3.63, 3.8) is 0 Å². The Labute approximate surface area is 161 Å². The summed E-state index contributed by atoms with van der Waals surface area (Å²) in [5, 5.41) is 0. The van der Waals surface area contributed by atoms with Crippen molar-refractivity contribution in [2.24, 2.45) is 5.73 Å². The molecule has 0 heterocycles. The van der Waals surface area contributed by atoms with Crippen LogP contribution in [-0.2, 0) is 10.4 Å². The van der Waals surface area contributed by atoms with Crippen LogP contribution in [0.25, 0.3) is 0 Å². The van der Waals surface area contributed by atoms with E-state index in [1.165, 1.54) is 13.8 Å². The Bertz CT molecular complexity index is 804. The van der Waals surface area contributed by atoms with Gasteiger partial charge in [0.2, 0.25) is 0 Å². The van der Waals surface area contributed by atoms with Gasteiger partial charge in [-0.3, -0.25) is 4.79 Å². The second-order valence-corrected chi connectivity index (χ2v) is 6.40. The summed E-state index contributed by atoms with van der Waals surface area (Å²) < 4.78 is 57.0. The van der Waals surface area contributed by atoms with Gasteiger partial charge in [0.15, 0.2) is 11.6 Å². The van der Waals surface area contributed by atoms with Gasteiger partial charge in [0.05, 0.1) is 13.2 Å². The van der Waals surface area contributed by atoms with Crippen molar-refractivity contribution in [3.8, 4) is 11.5 Å². The van der Waals surface area contributed by atoms with E-state index in [0.717, 1.165) is 12.1 Å². The Morgan fingerprint density at radius 1 is 0.964 bits per heavy atom. The summed E-state index contributed by atoms with van der Waals surface area (Å²) in [5.74, 6) is -3.10. The fraction of sp³-hybridized carbons (Fsp3) is 0.350. The number of hydrogen-bond donors (Lipinski definition) is 1. The van der Waals surface area contributed by atoms with Crippen LogP contribution >= 0.6 is 0 Å². The lowest BCUT2D eigenvalue weighted by atomic mass is 10.0. The zero-order chi connectivity index (χ0) is 20.7. The summed E-state index contributed by atoms with van der Waals surface area (Å²) >= 11 is 0. The lowest BCUT2D eigenvalue weighted by Crippen LogP contribution is -2.17. The van der Waals surface area contributed by atoms with E-state index in [9.17, 15) is 18.0 Å². The fourth-order valence-electron chi connectivity index (χ4n) is 2.35. The smallest absolute Gasteiger partial charge is 0.254 e. The largest absolute Gasteiger partial charge is 0.491 e. The number of alkyl halides is 1. The third-order valence-electron chi connectivity index (χ3n) is 3.82. The van der Waals surface area contributed by atoms with Gasteiger partial charge in [0, 0.05) is 0 Å². The van der Waals surface area contributed by atoms with Gasteiger partial charge in [0.1, 0.15) is 36.0 Å². The van der Waals surface area contributed by atoms with Gasteiger partial charge in [-0.15, -0.1) is 0 Å². The van der Waals surface area contributed by atoms with Crippen molar-refractivity contribution in [1.82, 2.24) is 0 Å². The summed E-state index contributed by atoms with van der Waals surface area (Å²) in [5.41, 5.74) is 3.24. The number of carbonyl (C=O) groups excluding carboxylic acids is 1. The summed E-state index contributed by atoms with van der Waals surface area (Å²) in [6.07, 6.45) is 0. The van der Waals surface area contributed by atoms with Gasteiger partial charge in [0.25, 0.3) is 5.91 Å². The number of benzene rings is 2. The minimum Gasteiger partial charge on any atom is -0.491 e. The molecule has 0 aromatic heterocycles. The maximum absolute atomic E-state index is 14.0. The SMILES string of the molecule is CC(C)(F)c1ccc(OCCOCCOc2ccc(F)c(C(N)=O)c2F)cc1. The average Bonchev–Trinajstić information content (AvgIpc) is 2.62. The highest BCUT2D eigenvalue weighted by Gasteiger charge is 2.19. The Balaban J connectivity index is 1.69. The van der Waals surface area contributed by atoms with Crippen molar-refractivity contribution >= 4 is 5.91 Å². The first kappa shape index (κ1) is 21.6. The van der Waals surface area contributed by atoms with Gasteiger partial charge in [-0.2, -0.15) is 0 Å². The first-order valence-corrected chi connectivity index (χ1v) is 8.60. The molecular weight excluding hydrogens is 375 g/mol. The Hall–Kier alpha value is -2.74. The Morgan fingerprint density at radius 2 is 1.57 bits per heavy atom. The van der Waals surface area contributed by atoms with E-state index in [1.54, 1.807) is 24.3 Å². The number of rotatable bonds is 10. The molecule has 2 aromatic carbocycles. The second kappa shape index (κ2) is 9.45. The lowest BCUT2D eigenvalue weighted by molar-refractivity contribution is 0.0752. The first-order chi connectivity index (χ1) is 13.2. The summed E-state index contributed by atoms with van der Waals surface area (Å²) in [7, 11) is 0. The molecule has 0 unspecified atom stereocenters. The zero-order valence-electron chi connectivity index (χ0n) is 15.6.